The van der Waals surface area contributed by atoms with E-state index in [1.165, 1.54) is 16.7 Å². The number of aryl methyl sites for hydroxylation is 1. The van der Waals surface area contributed by atoms with Crippen molar-refractivity contribution >= 4 is 5.91 Å². The molecule has 0 saturated heterocycles. The topological polar surface area (TPSA) is 43.1 Å². The standard InChI is InChI=1S/C14H19NO/c1-9(2)11-5-3-10-4-6-12(8-14(15)16)13(10)7-11/h3,5,7,9,12H,4,6,8H2,1-2H3,(H2,15,16). The van der Waals surface area contributed by atoms with Gasteiger partial charge in [-0.05, 0) is 41.4 Å². The van der Waals surface area contributed by atoms with Crippen LogP contribution < -0.4 is 5.73 Å². The third kappa shape index (κ3) is 2.11. The molecule has 16 heavy (non-hydrogen) atoms. The van der Waals surface area contributed by atoms with Gasteiger partial charge in [-0.25, -0.2) is 0 Å². The summed E-state index contributed by atoms with van der Waals surface area (Å²) in [6.45, 7) is 4.39. The molecule has 0 heterocycles. The minimum atomic E-state index is -0.187. The highest BCUT2D eigenvalue weighted by Crippen LogP contribution is 2.36. The molecule has 2 nitrogen and oxygen atoms in total. The summed E-state index contributed by atoms with van der Waals surface area (Å²) in [6.07, 6.45) is 2.65. The molecule has 2 heteroatoms. The maximum Gasteiger partial charge on any atom is 0.218 e. The molecular weight excluding hydrogens is 198 g/mol. The van der Waals surface area contributed by atoms with E-state index in [9.17, 15) is 4.79 Å². The summed E-state index contributed by atoms with van der Waals surface area (Å²) < 4.78 is 0. The van der Waals surface area contributed by atoms with Crippen LogP contribution in [0.4, 0.5) is 0 Å². The Balaban J connectivity index is 2.29. The molecule has 0 fully saturated rings. The minimum absolute atomic E-state index is 0.187. The van der Waals surface area contributed by atoms with Gasteiger partial charge in [0.2, 0.25) is 5.91 Å². The van der Waals surface area contributed by atoms with Gasteiger partial charge in [-0.15, -0.1) is 0 Å². The van der Waals surface area contributed by atoms with Crippen molar-refractivity contribution in [3.63, 3.8) is 0 Å². The number of carbonyl (C=O) groups is 1. The zero-order valence-electron chi connectivity index (χ0n) is 9.99. The molecular formula is C14H19NO. The van der Waals surface area contributed by atoms with Crippen LogP contribution in [0, 0.1) is 0 Å². The Labute approximate surface area is 96.8 Å². The van der Waals surface area contributed by atoms with E-state index in [1.54, 1.807) is 0 Å². The first kappa shape index (κ1) is 11.2. The maximum absolute atomic E-state index is 11.0. The smallest absolute Gasteiger partial charge is 0.218 e. The summed E-state index contributed by atoms with van der Waals surface area (Å²) >= 11 is 0. The highest BCUT2D eigenvalue weighted by molar-refractivity contribution is 5.75. The van der Waals surface area contributed by atoms with Crippen LogP contribution in [0.15, 0.2) is 18.2 Å². The van der Waals surface area contributed by atoms with Crippen LogP contribution in [-0.2, 0) is 11.2 Å². The molecule has 1 aromatic rings. The molecule has 0 radical (unpaired) electrons. The van der Waals surface area contributed by atoms with Crippen molar-refractivity contribution in [3.8, 4) is 0 Å². The van der Waals surface area contributed by atoms with E-state index >= 15 is 0 Å². The summed E-state index contributed by atoms with van der Waals surface area (Å²) in [5.74, 6) is 0.708. The number of hydrogen-bond acceptors (Lipinski definition) is 1. The van der Waals surface area contributed by atoms with Crippen LogP contribution in [-0.4, -0.2) is 5.91 Å². The second kappa shape index (κ2) is 4.28. The van der Waals surface area contributed by atoms with Gasteiger partial charge < -0.3 is 5.73 Å². The Hall–Kier alpha value is -1.31. The number of amides is 1. The van der Waals surface area contributed by atoms with Gasteiger partial charge in [-0.1, -0.05) is 32.0 Å². The summed E-state index contributed by atoms with van der Waals surface area (Å²) in [4.78, 5) is 11.0. The number of fused-ring (bicyclic) bond motifs is 1. The quantitative estimate of drug-likeness (QED) is 0.831. The monoisotopic (exact) mass is 217 g/mol. The summed E-state index contributed by atoms with van der Waals surface area (Å²) in [5, 5.41) is 0. The molecule has 2 rings (SSSR count). The molecule has 1 atom stereocenters. The molecule has 0 aromatic heterocycles. The molecule has 86 valence electrons. The fourth-order valence-electron chi connectivity index (χ4n) is 2.52. The van der Waals surface area contributed by atoms with Gasteiger partial charge in [0, 0.05) is 6.42 Å². The molecule has 0 aliphatic heterocycles. The number of hydrogen-bond donors (Lipinski definition) is 1. The van der Waals surface area contributed by atoms with Crippen molar-refractivity contribution in [1.82, 2.24) is 0 Å². The lowest BCUT2D eigenvalue weighted by Crippen LogP contribution is -2.14. The molecule has 1 unspecified atom stereocenters. The van der Waals surface area contributed by atoms with E-state index in [0.717, 1.165) is 12.8 Å². The lowest BCUT2D eigenvalue weighted by atomic mass is 9.93. The summed E-state index contributed by atoms with van der Waals surface area (Å²) in [6, 6.07) is 6.68. The zero-order chi connectivity index (χ0) is 11.7. The Morgan fingerprint density at radius 2 is 2.25 bits per heavy atom. The van der Waals surface area contributed by atoms with Crippen LogP contribution in [0.5, 0.6) is 0 Å². The molecule has 2 N–H and O–H groups in total. The van der Waals surface area contributed by atoms with Crippen molar-refractivity contribution in [2.24, 2.45) is 5.73 Å². The highest BCUT2D eigenvalue weighted by Gasteiger charge is 2.24. The normalized spacial score (nSPS) is 18.8. The van der Waals surface area contributed by atoms with E-state index in [0.29, 0.717) is 18.3 Å². The largest absolute Gasteiger partial charge is 0.370 e. The average Bonchev–Trinajstić information content (AvgIpc) is 2.60. The van der Waals surface area contributed by atoms with Gasteiger partial charge in [0.15, 0.2) is 0 Å². The van der Waals surface area contributed by atoms with Crippen molar-refractivity contribution in [1.29, 1.82) is 0 Å². The van der Waals surface area contributed by atoms with Crippen LogP contribution in [0.1, 0.15) is 55.2 Å². The third-order valence-corrected chi connectivity index (χ3v) is 3.49. The van der Waals surface area contributed by atoms with Crippen molar-refractivity contribution < 1.29 is 4.79 Å². The molecule has 0 bridgehead atoms. The maximum atomic E-state index is 11.0. The first-order chi connectivity index (χ1) is 7.58. The van der Waals surface area contributed by atoms with Gasteiger partial charge >= 0.3 is 0 Å². The van der Waals surface area contributed by atoms with Gasteiger partial charge in [0.05, 0.1) is 0 Å². The highest BCUT2D eigenvalue weighted by atomic mass is 16.1. The molecule has 1 aromatic carbocycles. The second-order valence-electron chi connectivity index (χ2n) is 5.02. The van der Waals surface area contributed by atoms with Gasteiger partial charge in [0.1, 0.15) is 0 Å². The van der Waals surface area contributed by atoms with Crippen LogP contribution in [0.3, 0.4) is 0 Å². The molecule has 1 amide bonds. The SMILES string of the molecule is CC(C)c1ccc2c(c1)C(CC(N)=O)CC2. The van der Waals surface area contributed by atoms with E-state index in [2.05, 4.69) is 32.0 Å². The predicted molar refractivity (Wildman–Crippen MR) is 65.4 cm³/mol. The van der Waals surface area contributed by atoms with Crippen molar-refractivity contribution in [2.45, 2.75) is 44.9 Å². The predicted octanol–water partition coefficient (Wildman–Crippen LogP) is 2.72. The number of nitrogens with two attached hydrogens (primary N) is 1. The molecule has 0 saturated carbocycles. The zero-order valence-corrected chi connectivity index (χ0v) is 9.99. The summed E-state index contributed by atoms with van der Waals surface area (Å²) in [7, 11) is 0. The average molecular weight is 217 g/mol. The number of primary amides is 1. The van der Waals surface area contributed by atoms with Crippen LogP contribution >= 0.6 is 0 Å². The fraction of sp³-hybridized carbons (Fsp3) is 0.500. The van der Waals surface area contributed by atoms with Gasteiger partial charge in [-0.3, -0.25) is 4.79 Å². The van der Waals surface area contributed by atoms with E-state index in [1.807, 2.05) is 0 Å². The third-order valence-electron chi connectivity index (χ3n) is 3.49. The summed E-state index contributed by atoms with van der Waals surface area (Å²) in [5.41, 5.74) is 9.40. The van der Waals surface area contributed by atoms with E-state index < -0.39 is 0 Å². The van der Waals surface area contributed by atoms with Gasteiger partial charge in [0.25, 0.3) is 0 Å². The van der Waals surface area contributed by atoms with E-state index in [-0.39, 0.29) is 5.91 Å². The number of rotatable bonds is 3. The fourth-order valence-corrected chi connectivity index (χ4v) is 2.52. The first-order valence-electron chi connectivity index (χ1n) is 5.99. The minimum Gasteiger partial charge on any atom is -0.370 e. The molecule has 0 spiro atoms. The lowest BCUT2D eigenvalue weighted by molar-refractivity contribution is -0.118. The molecule has 1 aliphatic carbocycles. The number of benzene rings is 1. The Morgan fingerprint density at radius 3 is 2.88 bits per heavy atom. The Bertz CT molecular complexity index is 409. The lowest BCUT2D eigenvalue weighted by Gasteiger charge is -2.12. The van der Waals surface area contributed by atoms with Crippen LogP contribution in [0.2, 0.25) is 0 Å². The van der Waals surface area contributed by atoms with Crippen molar-refractivity contribution in [2.75, 3.05) is 0 Å². The first-order valence-corrected chi connectivity index (χ1v) is 5.99. The number of carbonyl (C=O) groups excluding carboxylic acids is 1. The van der Waals surface area contributed by atoms with Crippen molar-refractivity contribution in [3.05, 3.63) is 34.9 Å². The van der Waals surface area contributed by atoms with Gasteiger partial charge in [-0.2, -0.15) is 0 Å². The molecule has 1 aliphatic rings. The van der Waals surface area contributed by atoms with E-state index in [4.69, 9.17) is 5.73 Å². The Morgan fingerprint density at radius 1 is 1.50 bits per heavy atom. The second-order valence-corrected chi connectivity index (χ2v) is 5.02. The Kier molecular flexibility index (Phi) is 2.99. The van der Waals surface area contributed by atoms with Crippen LogP contribution in [0.25, 0.3) is 0 Å².